The van der Waals surface area contributed by atoms with Crippen molar-refractivity contribution in [1.82, 2.24) is 15.0 Å². The van der Waals surface area contributed by atoms with Gasteiger partial charge in [-0.2, -0.15) is 11.8 Å². The van der Waals surface area contributed by atoms with Crippen molar-refractivity contribution in [3.8, 4) is 12.3 Å². The monoisotopic (exact) mass is 436 g/mol. The largest absolute Gasteiger partial charge is 0.345 e. The number of rotatable bonds is 8. The quantitative estimate of drug-likeness (QED) is 0.288. The Hall–Kier alpha value is -2.21. The van der Waals surface area contributed by atoms with E-state index in [1.165, 1.54) is 0 Å². The number of aryl methyl sites for hydroxylation is 1. The fourth-order valence-electron chi connectivity index (χ4n) is 2.08. The van der Waals surface area contributed by atoms with E-state index in [-0.39, 0.29) is 17.4 Å². The number of nitrogens with one attached hydrogen (secondary N) is 2. The molecule has 1 aromatic heterocycles. The molecule has 0 saturated carbocycles. The number of terminal acetylenes is 1. The smallest absolute Gasteiger partial charge is 0.264 e. The molecule has 0 bridgehead atoms. The van der Waals surface area contributed by atoms with E-state index in [1.807, 2.05) is 6.92 Å². The highest BCUT2D eigenvalue weighted by Gasteiger charge is 2.15. The van der Waals surface area contributed by atoms with Crippen molar-refractivity contribution in [2.75, 3.05) is 18.8 Å². The Kier molecular flexibility index (Phi) is 8.64. The lowest BCUT2D eigenvalue weighted by Gasteiger charge is -2.12. The van der Waals surface area contributed by atoms with Gasteiger partial charge in [0.05, 0.1) is 28.7 Å². The summed E-state index contributed by atoms with van der Waals surface area (Å²) in [5, 5.41) is 3.43. The molecular weight excluding hydrogens is 416 g/mol. The fourth-order valence-corrected chi connectivity index (χ4v) is 4.14. The van der Waals surface area contributed by atoms with Crippen molar-refractivity contribution in [1.29, 1.82) is 0 Å². The highest BCUT2D eigenvalue weighted by atomic mass is 35.5. The third kappa shape index (κ3) is 7.08. The zero-order valence-electron chi connectivity index (χ0n) is 15.4. The molecule has 2 aromatic rings. The highest BCUT2D eigenvalue weighted by molar-refractivity contribution is 7.98. The van der Waals surface area contributed by atoms with Crippen LogP contribution in [0.25, 0.3) is 0 Å². The molecule has 0 aliphatic heterocycles. The van der Waals surface area contributed by atoms with E-state index < -0.39 is 10.0 Å². The average molecular weight is 437 g/mol. The van der Waals surface area contributed by atoms with E-state index in [2.05, 4.69) is 25.9 Å². The number of hydrogen-bond donors (Lipinski definition) is 2. The number of aromatic nitrogens is 1. The Morgan fingerprint density at radius 2 is 2.07 bits per heavy atom. The summed E-state index contributed by atoms with van der Waals surface area (Å²) in [5.74, 6) is 3.84. The summed E-state index contributed by atoms with van der Waals surface area (Å²) in [5.41, 5.74) is 1.78. The Morgan fingerprint density at radius 3 is 2.75 bits per heavy atom. The maximum atomic E-state index is 12.5. The van der Waals surface area contributed by atoms with Gasteiger partial charge in [-0.1, -0.05) is 35.2 Å². The van der Waals surface area contributed by atoms with E-state index in [0.29, 0.717) is 23.1 Å². The van der Waals surface area contributed by atoms with Gasteiger partial charge in [-0.15, -0.1) is 6.42 Å². The lowest BCUT2D eigenvalue weighted by atomic mass is 10.2. The summed E-state index contributed by atoms with van der Waals surface area (Å²) in [6.07, 6.45) is 6.95. The number of guanidine groups is 1. The van der Waals surface area contributed by atoms with Gasteiger partial charge in [-0.3, -0.25) is 9.98 Å². The van der Waals surface area contributed by atoms with Gasteiger partial charge in [0.15, 0.2) is 0 Å². The second kappa shape index (κ2) is 11.0. The average Bonchev–Trinajstić information content (AvgIpc) is 2.67. The number of thioether (sulfide) groups is 1. The number of benzene rings is 1. The van der Waals surface area contributed by atoms with Crippen LogP contribution in [0.2, 0.25) is 5.02 Å². The minimum atomic E-state index is -3.74. The number of halogens is 1. The van der Waals surface area contributed by atoms with Gasteiger partial charge in [0.1, 0.15) is 0 Å². The summed E-state index contributed by atoms with van der Waals surface area (Å²) in [6.45, 7) is 2.45. The Bertz CT molecular complexity index is 955. The van der Waals surface area contributed by atoms with Crippen molar-refractivity contribution < 1.29 is 8.42 Å². The number of sulfonamides is 1. The molecule has 0 spiro atoms. The molecule has 6 nitrogen and oxygen atoms in total. The lowest BCUT2D eigenvalue weighted by molar-refractivity contribution is 0.591. The second-order valence-electron chi connectivity index (χ2n) is 5.69. The second-order valence-corrected chi connectivity index (χ2v) is 8.89. The van der Waals surface area contributed by atoms with Crippen LogP contribution in [0.1, 0.15) is 11.3 Å². The summed E-state index contributed by atoms with van der Waals surface area (Å²) in [6, 6.07) is 10.1. The Labute approximate surface area is 175 Å². The number of pyridine rings is 1. The van der Waals surface area contributed by atoms with Crippen LogP contribution in [0.15, 0.2) is 52.5 Å². The van der Waals surface area contributed by atoms with Crippen molar-refractivity contribution in [2.24, 2.45) is 4.99 Å². The van der Waals surface area contributed by atoms with Crippen LogP contribution in [-0.4, -0.2) is 38.2 Å². The zero-order valence-corrected chi connectivity index (χ0v) is 17.7. The molecule has 1 aromatic carbocycles. The van der Waals surface area contributed by atoms with Crippen molar-refractivity contribution in [3.63, 3.8) is 0 Å². The van der Waals surface area contributed by atoms with Gasteiger partial charge in [0, 0.05) is 17.7 Å². The van der Waals surface area contributed by atoms with Gasteiger partial charge in [0.25, 0.3) is 10.0 Å². The topological polar surface area (TPSA) is 83.4 Å². The Balaban J connectivity index is 1.95. The van der Waals surface area contributed by atoms with Crippen LogP contribution >= 0.6 is 23.4 Å². The third-order valence-corrected chi connectivity index (χ3v) is 6.15. The molecule has 0 unspecified atom stereocenters. The lowest BCUT2D eigenvalue weighted by Crippen LogP contribution is -2.41. The number of nitrogens with zero attached hydrogens (tertiary/aromatic N) is 2. The van der Waals surface area contributed by atoms with Crippen LogP contribution in [-0.2, 0) is 15.8 Å². The van der Waals surface area contributed by atoms with E-state index >= 15 is 0 Å². The third-order valence-electron chi connectivity index (χ3n) is 3.50. The van der Waals surface area contributed by atoms with E-state index in [1.54, 1.807) is 54.4 Å². The van der Waals surface area contributed by atoms with Gasteiger partial charge in [-0.25, -0.2) is 13.1 Å². The molecule has 0 aliphatic carbocycles. The van der Waals surface area contributed by atoms with E-state index in [9.17, 15) is 8.42 Å². The molecule has 2 rings (SSSR count). The fraction of sp³-hybridized carbons (Fsp3) is 0.263. The van der Waals surface area contributed by atoms with Gasteiger partial charge in [-0.05, 0) is 31.2 Å². The minimum absolute atomic E-state index is 0.120. The first-order valence-electron chi connectivity index (χ1n) is 8.41. The molecule has 0 amide bonds. The van der Waals surface area contributed by atoms with Gasteiger partial charge >= 0.3 is 0 Å². The molecule has 148 valence electrons. The summed E-state index contributed by atoms with van der Waals surface area (Å²) >= 11 is 7.68. The van der Waals surface area contributed by atoms with Crippen LogP contribution in [0.4, 0.5) is 0 Å². The number of aliphatic imine (C=N–C) groups is 1. The zero-order chi connectivity index (χ0) is 20.4. The van der Waals surface area contributed by atoms with Gasteiger partial charge < -0.3 is 5.32 Å². The SMILES string of the molecule is C#CCN/C(=N/CCSCc1ncccc1Cl)NS(=O)(=O)c1ccc(C)cc1. The number of hydrogen-bond acceptors (Lipinski definition) is 5. The van der Waals surface area contributed by atoms with Crippen molar-refractivity contribution >= 4 is 39.3 Å². The molecule has 0 saturated heterocycles. The van der Waals surface area contributed by atoms with E-state index in [0.717, 1.165) is 11.3 Å². The Morgan fingerprint density at radius 1 is 1.32 bits per heavy atom. The van der Waals surface area contributed by atoms with E-state index in [4.69, 9.17) is 18.0 Å². The van der Waals surface area contributed by atoms with Crippen molar-refractivity contribution in [2.45, 2.75) is 17.6 Å². The van der Waals surface area contributed by atoms with Crippen molar-refractivity contribution in [3.05, 3.63) is 58.9 Å². The van der Waals surface area contributed by atoms with Crippen LogP contribution in [0, 0.1) is 19.3 Å². The molecule has 0 atom stereocenters. The molecule has 0 aliphatic rings. The maximum absolute atomic E-state index is 12.5. The summed E-state index contributed by atoms with van der Waals surface area (Å²) in [4.78, 5) is 8.67. The maximum Gasteiger partial charge on any atom is 0.264 e. The summed E-state index contributed by atoms with van der Waals surface area (Å²) < 4.78 is 27.5. The molecule has 1 heterocycles. The van der Waals surface area contributed by atoms with Gasteiger partial charge in [0.2, 0.25) is 5.96 Å². The standard InChI is InChI=1S/C19H21ClN4O2S2/c1-3-10-22-19(24-28(25,26)16-8-6-15(2)7-9-16)23-12-13-27-14-18-17(20)5-4-11-21-18/h1,4-9,11H,10,12-14H2,2H3,(H2,22,23,24). The summed E-state index contributed by atoms with van der Waals surface area (Å²) in [7, 11) is -3.74. The highest BCUT2D eigenvalue weighted by Crippen LogP contribution is 2.18. The molecule has 28 heavy (non-hydrogen) atoms. The van der Waals surface area contributed by atoms with Crippen LogP contribution in [0.5, 0.6) is 0 Å². The molecule has 0 radical (unpaired) electrons. The van der Waals surface area contributed by atoms with Crippen LogP contribution < -0.4 is 10.0 Å². The first-order valence-corrected chi connectivity index (χ1v) is 11.4. The normalized spacial score (nSPS) is 11.7. The predicted octanol–water partition coefficient (Wildman–Crippen LogP) is 2.83. The first kappa shape index (κ1) is 22.1. The first-order chi connectivity index (χ1) is 13.4. The molecule has 2 N–H and O–H groups in total. The molecule has 9 heteroatoms. The van der Waals surface area contributed by atoms with Crippen LogP contribution in [0.3, 0.4) is 0 Å². The minimum Gasteiger partial charge on any atom is -0.345 e. The predicted molar refractivity (Wildman–Crippen MR) is 116 cm³/mol. The molecular formula is C19H21ClN4O2S2. The molecule has 0 fully saturated rings.